The van der Waals surface area contributed by atoms with Crippen molar-refractivity contribution in [3.63, 3.8) is 0 Å². The van der Waals surface area contributed by atoms with Crippen LogP contribution in [-0.2, 0) is 43.2 Å². The lowest BCUT2D eigenvalue weighted by Gasteiger charge is -2.34. The fraction of sp³-hybridized carbons (Fsp3) is 0.350. The number of carboxylic acids is 1. The number of carbonyl (C=O) groups excluding carboxylic acids is 8. The highest BCUT2D eigenvalue weighted by molar-refractivity contribution is 6.32. The molecule has 10 rings (SSSR count). The Morgan fingerprint density at radius 3 is 1.91 bits per heavy atom. The molecule has 5 aliphatic rings. The molecule has 5 heterocycles. The molecule has 10 unspecified atom stereocenters. The van der Waals surface area contributed by atoms with E-state index in [1.807, 2.05) is 13.8 Å². The molecule has 0 saturated carbocycles. The number of primary amides is 1. The van der Waals surface area contributed by atoms with Crippen LogP contribution in [0.2, 0.25) is 5.02 Å². The summed E-state index contributed by atoms with van der Waals surface area (Å²) in [5.74, 6) is -16.0. The highest BCUT2D eigenvalue weighted by Crippen LogP contribution is 2.48. The number of fused-ring (bicyclic) bond motifs is 14. The molecular weight excluding hydrogens is 1170 g/mol. The van der Waals surface area contributed by atoms with Crippen LogP contribution in [-0.4, -0.2) is 138 Å². The van der Waals surface area contributed by atoms with Crippen LogP contribution in [0.4, 0.5) is 0 Å². The lowest BCUT2D eigenvalue weighted by atomic mass is 9.87. The van der Waals surface area contributed by atoms with Gasteiger partial charge in [0.1, 0.15) is 77.2 Å². The quantitative estimate of drug-likeness (QED) is 0.0853. The van der Waals surface area contributed by atoms with E-state index >= 15 is 14.4 Å². The predicted molar refractivity (Wildman–Crippen MR) is 311 cm³/mol. The van der Waals surface area contributed by atoms with Crippen molar-refractivity contribution in [1.82, 2.24) is 42.1 Å². The number of aromatic hydroxyl groups is 4. The molecule has 466 valence electrons. The number of amides is 8. The van der Waals surface area contributed by atoms with E-state index in [4.69, 9.17) is 26.8 Å². The van der Waals surface area contributed by atoms with Crippen molar-refractivity contribution in [3.8, 4) is 57.1 Å². The molecule has 88 heavy (non-hydrogen) atoms. The summed E-state index contributed by atoms with van der Waals surface area (Å²) in [7, 11) is 3.00. The molecule has 0 saturated heterocycles. The Morgan fingerprint density at radius 1 is 0.659 bits per heavy atom. The molecule has 0 aromatic heterocycles. The summed E-state index contributed by atoms with van der Waals surface area (Å²) in [5.41, 5.74) is 2.96. The highest BCUT2D eigenvalue weighted by Gasteiger charge is 2.43. The third-order valence-corrected chi connectivity index (χ3v) is 15.4. The molecule has 5 aromatic carbocycles. The number of ether oxygens (including phenoxy) is 2. The van der Waals surface area contributed by atoms with Gasteiger partial charge in [0, 0.05) is 29.8 Å². The van der Waals surface area contributed by atoms with Crippen molar-refractivity contribution in [3.05, 3.63) is 118 Å². The van der Waals surface area contributed by atoms with E-state index < -0.39 is 177 Å². The number of rotatable bonds is 12. The number of nitrogens with one attached hydrogen (secondary N) is 7. The summed E-state index contributed by atoms with van der Waals surface area (Å²) >= 11 is 6.85. The molecule has 0 fully saturated rings. The number of aliphatic hydroxyl groups excluding tert-OH is 2. The maximum Gasteiger partial charge on any atom is 0.330 e. The van der Waals surface area contributed by atoms with E-state index in [-0.39, 0.29) is 51.5 Å². The minimum absolute atomic E-state index is 0.0509. The van der Waals surface area contributed by atoms with Crippen molar-refractivity contribution in [2.45, 2.75) is 108 Å². The zero-order chi connectivity index (χ0) is 64.3. The number of carboxylic acid groups (broad SMARTS) is 1. The Kier molecular flexibility index (Phi) is 19.4. The van der Waals surface area contributed by atoms with Crippen LogP contribution in [0.1, 0.15) is 105 Å². The maximum atomic E-state index is 15.6. The van der Waals surface area contributed by atoms with Gasteiger partial charge in [-0.15, -0.1) is 0 Å². The molecule has 0 aliphatic carbocycles. The van der Waals surface area contributed by atoms with Crippen molar-refractivity contribution in [2.75, 3.05) is 14.1 Å². The highest BCUT2D eigenvalue weighted by atomic mass is 35.5. The number of aliphatic hydroxyl groups is 2. The molecule has 0 radical (unpaired) electrons. The smallest absolute Gasteiger partial charge is 0.330 e. The minimum Gasteiger partial charge on any atom is -0.508 e. The van der Waals surface area contributed by atoms with Gasteiger partial charge in [-0.2, -0.15) is 0 Å². The second-order valence-electron chi connectivity index (χ2n) is 22.3. The van der Waals surface area contributed by atoms with Crippen molar-refractivity contribution in [1.29, 1.82) is 0 Å². The van der Waals surface area contributed by atoms with Crippen LogP contribution < -0.4 is 52.4 Å². The van der Waals surface area contributed by atoms with Gasteiger partial charge in [0.2, 0.25) is 53.0 Å². The average Bonchev–Trinajstić information content (AvgIpc) is 1.28. The van der Waals surface area contributed by atoms with Crippen LogP contribution in [0, 0.1) is 11.8 Å². The zero-order valence-corrected chi connectivity index (χ0v) is 48.9. The van der Waals surface area contributed by atoms with Gasteiger partial charge in [-0.05, 0) is 103 Å². The van der Waals surface area contributed by atoms with Gasteiger partial charge in [0.05, 0.1) is 17.5 Å². The summed E-state index contributed by atoms with van der Waals surface area (Å²) in [6, 6.07) is 0.721. The minimum atomic E-state index is -2.23. The number of nitrogens with zero attached hydrogens (tertiary/aromatic N) is 1. The summed E-state index contributed by atoms with van der Waals surface area (Å²) in [6.07, 6.45) is -4.70. The van der Waals surface area contributed by atoms with Gasteiger partial charge < -0.3 is 93.1 Å². The summed E-state index contributed by atoms with van der Waals surface area (Å²) in [5, 5.41) is 98.0. The monoisotopic (exact) mass is 1240 g/mol. The SMILES string of the molecule is CNC(CC(C)C)C(=O)N(C)C(CC(C)C)C(=O)NC1C(=O)NC(CC(N)=O)C(=O)NC2C(=O)NC3C(=O)NC(C(=O)NC(C(=O)O)c4cc(O)cc(O)c4-c4c(O)cccc43)C(O)c3ccc(cc3)Oc3cc2cc(c3O)Oc2ccc(cc2Cl)C1O. The number of benzene rings is 5. The Labute approximate surface area is 507 Å². The van der Waals surface area contributed by atoms with E-state index in [1.165, 1.54) is 54.4 Å². The normalized spacial score (nSPS) is 21.8. The number of phenolic OH excluding ortho intramolecular Hbond substituents is 4. The summed E-state index contributed by atoms with van der Waals surface area (Å²) < 4.78 is 12.3. The third kappa shape index (κ3) is 13.8. The van der Waals surface area contributed by atoms with Gasteiger partial charge in [-0.1, -0.05) is 69.6 Å². The van der Waals surface area contributed by atoms with Crippen LogP contribution in [0.3, 0.4) is 0 Å². The fourth-order valence-electron chi connectivity index (χ4n) is 10.7. The topological polar surface area (TPSA) is 427 Å². The number of phenols is 4. The van der Waals surface area contributed by atoms with E-state index in [9.17, 15) is 64.5 Å². The van der Waals surface area contributed by atoms with Crippen LogP contribution >= 0.6 is 11.6 Å². The zero-order valence-electron chi connectivity index (χ0n) is 48.2. The first-order valence-corrected chi connectivity index (χ1v) is 28.1. The third-order valence-electron chi connectivity index (χ3n) is 15.1. The Hall–Kier alpha value is -9.70. The molecule has 28 heteroatoms. The number of likely N-dealkylation sites (N-methyl/N-ethyl adjacent to an activating group) is 2. The average molecular weight is 1240 g/mol. The van der Waals surface area contributed by atoms with Crippen LogP contribution in [0.5, 0.6) is 46.0 Å². The van der Waals surface area contributed by atoms with Gasteiger partial charge >= 0.3 is 5.97 Å². The molecule has 27 nitrogen and oxygen atoms in total. The molecule has 9 bridgehead atoms. The molecule has 5 aromatic rings. The van der Waals surface area contributed by atoms with E-state index in [1.54, 1.807) is 20.9 Å². The van der Waals surface area contributed by atoms with Crippen molar-refractivity contribution < 1.29 is 88.4 Å². The molecule has 5 aliphatic heterocycles. The Morgan fingerprint density at radius 2 is 1.28 bits per heavy atom. The van der Waals surface area contributed by atoms with Gasteiger partial charge in [0.25, 0.3) is 0 Å². The van der Waals surface area contributed by atoms with Gasteiger partial charge in [-0.25, -0.2) is 4.79 Å². The van der Waals surface area contributed by atoms with E-state index in [2.05, 4.69) is 37.2 Å². The molecule has 8 amide bonds. The second kappa shape index (κ2) is 26.5. The number of hydrogen-bond donors (Lipinski definition) is 15. The first-order valence-electron chi connectivity index (χ1n) is 27.7. The predicted octanol–water partition coefficient (Wildman–Crippen LogP) is 2.62. The van der Waals surface area contributed by atoms with Crippen LogP contribution in [0.25, 0.3) is 11.1 Å². The maximum absolute atomic E-state index is 15.6. The Bertz CT molecular complexity index is 3600. The van der Waals surface area contributed by atoms with Gasteiger partial charge in [-0.3, -0.25) is 38.4 Å². The molecule has 10 atom stereocenters. The Balaban J connectivity index is 1.33. The summed E-state index contributed by atoms with van der Waals surface area (Å²) in [4.78, 5) is 131. The lowest BCUT2D eigenvalue weighted by Crippen LogP contribution is -2.60. The molecular formula is C60H66ClN9O18. The number of aliphatic carboxylic acids is 1. The number of halogens is 1. The second-order valence-corrected chi connectivity index (χ2v) is 22.7. The standard InChI is InChI=1S/C60H66ClN9O18/c1-24(2)16-35(63-5)59(84)70(6)36(17-25(3)4)54(79)68-49-51(76)27-12-15-39(33(61)18-27)88-41-20-28-19-40(52(41)77)87-30-13-10-26(11-14-30)50(75)48-58(83)67-47(60(85)86)32-21-29(71)22-38(73)44(32)43-31(8-7-9-37(43)72)46(56(81)69-48)66-55(80)45(28)65-53(78)34(23-42(62)74)64-57(49)82/h7-15,18-22,24-25,34-36,45-51,63,71-73,75-77H,16-17,23H2,1-6H3,(H2,62,74)(H,64,82)(H,65,78)(H,66,80)(H,67,83)(H,68,79)(H,69,81)(H,85,86). The largest absolute Gasteiger partial charge is 0.508 e. The fourth-order valence-corrected chi connectivity index (χ4v) is 10.9. The first kappa shape index (κ1) is 64.3. The van der Waals surface area contributed by atoms with Crippen molar-refractivity contribution >= 4 is 64.8 Å². The molecule has 16 N–H and O–H groups in total. The first-order chi connectivity index (χ1) is 41.6. The van der Waals surface area contributed by atoms with E-state index in [0.717, 1.165) is 42.5 Å². The molecule has 0 spiro atoms. The van der Waals surface area contributed by atoms with Crippen molar-refractivity contribution in [2.24, 2.45) is 17.6 Å². The number of nitrogens with two attached hydrogens (primary N) is 1. The van der Waals surface area contributed by atoms with E-state index in [0.29, 0.717) is 6.42 Å². The van der Waals surface area contributed by atoms with Crippen LogP contribution in [0.15, 0.2) is 84.9 Å². The summed E-state index contributed by atoms with van der Waals surface area (Å²) in [6.45, 7) is 7.40. The van der Waals surface area contributed by atoms with Gasteiger partial charge in [0.15, 0.2) is 17.5 Å². The number of hydrogen-bond acceptors (Lipinski definition) is 18. The lowest BCUT2D eigenvalue weighted by molar-refractivity contribution is -0.143. The number of carbonyl (C=O) groups is 9.